The second kappa shape index (κ2) is 9.11. The van der Waals surface area contributed by atoms with Crippen LogP contribution < -0.4 is 4.90 Å². The predicted molar refractivity (Wildman–Crippen MR) is 120 cm³/mol. The van der Waals surface area contributed by atoms with E-state index in [9.17, 15) is 14.9 Å². The first-order valence-electron chi connectivity index (χ1n) is 11.0. The Balaban J connectivity index is 1.82. The normalized spacial score (nSPS) is 20.8. The molecule has 2 saturated heterocycles. The summed E-state index contributed by atoms with van der Waals surface area (Å²) >= 11 is 0. The summed E-state index contributed by atoms with van der Waals surface area (Å²) in [6.45, 7) is 7.62. The number of carbonyl (C=O) groups is 2. The van der Waals surface area contributed by atoms with Crippen molar-refractivity contribution in [1.82, 2.24) is 4.90 Å². The number of allylic oxidation sites excluding steroid dienone is 4. The number of hydrogen-bond donors (Lipinski definition) is 0. The Morgan fingerprint density at radius 1 is 1.19 bits per heavy atom. The van der Waals surface area contributed by atoms with Gasteiger partial charge in [0.15, 0.2) is 0 Å². The standard InChI is InChI=1S/C25H27N3O4/c1-3-9-19(17-26)21(4-2)28-22-11-10-18(23(29)27-12-6-5-7-13-27)16-20(22)25(24(28)30)31-14-8-15-32-25/h3-4,9-11,16H,1,5-8,12-15H2,2H3. The molecular formula is C25H27N3O4. The van der Waals surface area contributed by atoms with E-state index in [4.69, 9.17) is 9.47 Å². The third kappa shape index (κ3) is 3.56. The molecule has 1 aromatic carbocycles. The van der Waals surface area contributed by atoms with E-state index in [0.29, 0.717) is 47.7 Å². The van der Waals surface area contributed by atoms with Gasteiger partial charge in [0.05, 0.1) is 30.2 Å². The molecule has 2 amide bonds. The molecule has 0 aromatic heterocycles. The summed E-state index contributed by atoms with van der Waals surface area (Å²) in [6.07, 6.45) is 8.57. The summed E-state index contributed by atoms with van der Waals surface area (Å²) in [5, 5.41) is 9.66. The van der Waals surface area contributed by atoms with Crippen LogP contribution in [-0.2, 0) is 20.1 Å². The van der Waals surface area contributed by atoms with Gasteiger partial charge in [0.1, 0.15) is 6.07 Å². The van der Waals surface area contributed by atoms with Gasteiger partial charge in [-0.2, -0.15) is 5.26 Å². The van der Waals surface area contributed by atoms with Crippen LogP contribution in [0, 0.1) is 11.3 Å². The molecule has 2 fully saturated rings. The number of ether oxygens (including phenoxy) is 2. The molecule has 32 heavy (non-hydrogen) atoms. The Morgan fingerprint density at radius 3 is 2.53 bits per heavy atom. The van der Waals surface area contributed by atoms with Gasteiger partial charge in [0.2, 0.25) is 0 Å². The fourth-order valence-corrected chi connectivity index (χ4v) is 4.53. The van der Waals surface area contributed by atoms with Gasteiger partial charge in [-0.15, -0.1) is 0 Å². The van der Waals surface area contributed by atoms with E-state index in [2.05, 4.69) is 12.6 Å². The minimum atomic E-state index is -1.62. The summed E-state index contributed by atoms with van der Waals surface area (Å²) in [7, 11) is 0. The van der Waals surface area contributed by atoms with E-state index < -0.39 is 11.7 Å². The molecule has 3 aliphatic rings. The highest BCUT2D eigenvalue weighted by atomic mass is 16.7. The number of amides is 2. The summed E-state index contributed by atoms with van der Waals surface area (Å²) in [5.74, 6) is -2.10. The number of carbonyl (C=O) groups excluding carboxylic acids is 2. The summed E-state index contributed by atoms with van der Waals surface area (Å²) in [4.78, 5) is 30.2. The lowest BCUT2D eigenvalue weighted by atomic mass is 10.0. The van der Waals surface area contributed by atoms with E-state index in [0.717, 1.165) is 32.4 Å². The second-order valence-electron chi connectivity index (χ2n) is 7.99. The number of hydrogen-bond acceptors (Lipinski definition) is 5. The number of nitriles is 1. The number of fused-ring (bicyclic) bond motifs is 2. The molecule has 0 unspecified atom stereocenters. The highest BCUT2D eigenvalue weighted by molar-refractivity contribution is 6.10. The molecule has 3 aliphatic heterocycles. The highest BCUT2D eigenvalue weighted by Crippen LogP contribution is 2.48. The Labute approximate surface area is 188 Å². The predicted octanol–water partition coefficient (Wildman–Crippen LogP) is 3.79. The lowest BCUT2D eigenvalue weighted by Gasteiger charge is -2.33. The fraction of sp³-hybridized carbons (Fsp3) is 0.400. The molecule has 0 bridgehead atoms. The van der Waals surface area contributed by atoms with Crippen molar-refractivity contribution in [3.8, 4) is 6.07 Å². The van der Waals surface area contributed by atoms with Crippen LogP contribution in [0.2, 0.25) is 0 Å². The molecule has 166 valence electrons. The Morgan fingerprint density at radius 2 is 1.91 bits per heavy atom. The maximum atomic E-state index is 13.7. The van der Waals surface area contributed by atoms with Crippen LogP contribution >= 0.6 is 0 Å². The minimum absolute atomic E-state index is 0.0557. The molecule has 1 aromatic rings. The van der Waals surface area contributed by atoms with Crippen molar-refractivity contribution in [2.45, 2.75) is 38.4 Å². The van der Waals surface area contributed by atoms with Gasteiger partial charge in [-0.1, -0.05) is 18.7 Å². The number of piperidine rings is 1. The molecule has 7 nitrogen and oxygen atoms in total. The number of likely N-dealkylation sites (tertiary alicyclic amines) is 1. The van der Waals surface area contributed by atoms with E-state index in [-0.39, 0.29) is 5.91 Å². The molecule has 7 heteroatoms. The Bertz CT molecular complexity index is 1040. The summed E-state index contributed by atoms with van der Waals surface area (Å²) in [6, 6.07) is 7.32. The largest absolute Gasteiger partial charge is 0.339 e. The molecule has 3 heterocycles. The van der Waals surface area contributed by atoms with Crippen LogP contribution in [0.3, 0.4) is 0 Å². The summed E-state index contributed by atoms with van der Waals surface area (Å²) in [5.41, 5.74) is 2.26. The van der Waals surface area contributed by atoms with Gasteiger partial charge in [-0.25, -0.2) is 0 Å². The Hall–Kier alpha value is -3.21. The van der Waals surface area contributed by atoms with Crippen molar-refractivity contribution in [2.24, 2.45) is 0 Å². The molecule has 1 spiro atoms. The topological polar surface area (TPSA) is 82.9 Å². The number of anilines is 1. The van der Waals surface area contributed by atoms with Crippen molar-refractivity contribution in [1.29, 1.82) is 5.26 Å². The average Bonchev–Trinajstić information content (AvgIpc) is 3.07. The van der Waals surface area contributed by atoms with Crippen LogP contribution in [0.1, 0.15) is 48.5 Å². The van der Waals surface area contributed by atoms with Gasteiger partial charge < -0.3 is 14.4 Å². The maximum absolute atomic E-state index is 13.7. The third-order valence-corrected chi connectivity index (χ3v) is 6.06. The monoisotopic (exact) mass is 433 g/mol. The number of benzene rings is 1. The maximum Gasteiger partial charge on any atom is 0.297 e. The fourth-order valence-electron chi connectivity index (χ4n) is 4.53. The molecule has 0 N–H and O–H groups in total. The van der Waals surface area contributed by atoms with Crippen molar-refractivity contribution < 1.29 is 19.1 Å². The quantitative estimate of drug-likeness (QED) is 0.533. The van der Waals surface area contributed by atoms with Gasteiger partial charge >= 0.3 is 0 Å². The molecule has 4 rings (SSSR count). The van der Waals surface area contributed by atoms with Crippen LogP contribution in [0.4, 0.5) is 5.69 Å². The van der Waals surface area contributed by atoms with E-state index in [1.54, 1.807) is 37.3 Å². The minimum Gasteiger partial charge on any atom is -0.339 e. The van der Waals surface area contributed by atoms with Crippen molar-refractivity contribution in [3.63, 3.8) is 0 Å². The van der Waals surface area contributed by atoms with Crippen LogP contribution in [0.15, 0.2) is 54.3 Å². The van der Waals surface area contributed by atoms with Crippen LogP contribution in [0.25, 0.3) is 0 Å². The molecule has 0 aliphatic carbocycles. The van der Waals surface area contributed by atoms with Gasteiger partial charge in [0, 0.05) is 24.2 Å². The zero-order valence-corrected chi connectivity index (χ0v) is 18.3. The zero-order chi connectivity index (χ0) is 22.7. The third-order valence-electron chi connectivity index (χ3n) is 6.06. The first kappa shape index (κ1) is 22.0. The Kier molecular flexibility index (Phi) is 6.26. The lowest BCUT2D eigenvalue weighted by Crippen LogP contribution is -2.47. The second-order valence-corrected chi connectivity index (χ2v) is 7.99. The summed E-state index contributed by atoms with van der Waals surface area (Å²) < 4.78 is 11.9. The van der Waals surface area contributed by atoms with Crippen LogP contribution in [-0.4, -0.2) is 43.0 Å². The first-order chi connectivity index (χ1) is 15.6. The van der Waals surface area contributed by atoms with Gasteiger partial charge in [0.25, 0.3) is 17.6 Å². The lowest BCUT2D eigenvalue weighted by molar-refractivity contribution is -0.256. The average molecular weight is 434 g/mol. The molecule has 0 saturated carbocycles. The smallest absolute Gasteiger partial charge is 0.297 e. The molecule has 0 atom stereocenters. The van der Waals surface area contributed by atoms with Gasteiger partial charge in [-0.05, 0) is 56.9 Å². The SMILES string of the molecule is C=CC=C(C#N)C(=CC)N1C(=O)C2(OCCCO2)c2cc(C(=O)N3CCCCC3)ccc21. The van der Waals surface area contributed by atoms with Gasteiger partial charge in [-0.3, -0.25) is 14.5 Å². The highest BCUT2D eigenvalue weighted by Gasteiger charge is 2.56. The van der Waals surface area contributed by atoms with Crippen molar-refractivity contribution >= 4 is 17.5 Å². The first-order valence-corrected chi connectivity index (χ1v) is 11.0. The van der Waals surface area contributed by atoms with Crippen molar-refractivity contribution in [2.75, 3.05) is 31.2 Å². The van der Waals surface area contributed by atoms with E-state index >= 15 is 0 Å². The molecule has 0 radical (unpaired) electrons. The number of nitrogens with zero attached hydrogens (tertiary/aromatic N) is 3. The van der Waals surface area contributed by atoms with Crippen LogP contribution in [0.5, 0.6) is 0 Å². The van der Waals surface area contributed by atoms with Crippen molar-refractivity contribution in [3.05, 3.63) is 65.4 Å². The van der Waals surface area contributed by atoms with E-state index in [1.165, 1.54) is 11.0 Å². The van der Waals surface area contributed by atoms with E-state index in [1.807, 2.05) is 4.90 Å². The zero-order valence-electron chi connectivity index (χ0n) is 18.3. The number of rotatable bonds is 4. The molecular weight excluding hydrogens is 406 g/mol.